The van der Waals surface area contributed by atoms with Gasteiger partial charge in [-0.1, -0.05) is 108 Å². The second-order valence-corrected chi connectivity index (χ2v) is 20.7. The smallest absolute Gasteiger partial charge is 0.298 e. The van der Waals surface area contributed by atoms with E-state index in [1.54, 1.807) is 66.7 Å². The maximum atomic E-state index is 13.9. The third-order valence-corrected chi connectivity index (χ3v) is 15.1. The first-order valence-electron chi connectivity index (χ1n) is 22.6. The Bertz CT molecular complexity index is 3690. The Morgan fingerprint density at radius 3 is 1.61 bits per heavy atom. The highest BCUT2D eigenvalue weighted by molar-refractivity contribution is 7.94. The molecule has 0 saturated carbocycles. The molecule has 2 N–H and O–H groups in total. The molecule has 16 heteroatoms. The summed E-state index contributed by atoms with van der Waals surface area (Å²) in [6, 6.07) is 58.9. The van der Waals surface area contributed by atoms with Crippen molar-refractivity contribution in [3.8, 4) is 67.9 Å². The second-order valence-electron chi connectivity index (χ2n) is 16.6. The molecule has 372 valence electrons. The summed E-state index contributed by atoms with van der Waals surface area (Å²) in [5, 5.41) is 13.0. The van der Waals surface area contributed by atoms with Crippen molar-refractivity contribution in [3.05, 3.63) is 229 Å². The van der Waals surface area contributed by atoms with E-state index in [9.17, 15) is 26.2 Å². The van der Waals surface area contributed by atoms with Gasteiger partial charge in [-0.25, -0.2) is 13.7 Å². The molecule has 0 amide bonds. The van der Waals surface area contributed by atoms with Gasteiger partial charge < -0.3 is 18.9 Å². The van der Waals surface area contributed by atoms with Crippen LogP contribution in [0.15, 0.2) is 226 Å². The van der Waals surface area contributed by atoms with E-state index in [1.807, 2.05) is 104 Å². The van der Waals surface area contributed by atoms with Crippen LogP contribution in [-0.2, 0) is 35.9 Å². The summed E-state index contributed by atoms with van der Waals surface area (Å²) in [7, 11) is -7.08. The average molecular weight is 1050 g/mol. The SMILES string of the molecule is COc1ccc(Oc2ccc(C(=O)c3ccc(COc4ccc(-c5ccc(Oc6ccc(S(=O)(=O)c7ccc(C)cc7)cc6)c(-c6ccccc6)c5)cc4-c4ccccc4)c(SOOO)c3)cc2S(=O)(=O)O)cc1. The van der Waals surface area contributed by atoms with E-state index in [2.05, 4.69) is 5.04 Å². The highest BCUT2D eigenvalue weighted by Gasteiger charge is 2.23. The number of carbonyl (C=O) groups is 1. The lowest BCUT2D eigenvalue weighted by molar-refractivity contribution is -0.432. The zero-order valence-corrected chi connectivity index (χ0v) is 41.9. The van der Waals surface area contributed by atoms with Crippen LogP contribution in [0.25, 0.3) is 33.4 Å². The number of carbonyl (C=O) groups excluding carboxylic acids is 1. The van der Waals surface area contributed by atoms with E-state index < -0.39 is 30.6 Å². The number of ketones is 1. The van der Waals surface area contributed by atoms with Crippen LogP contribution in [0, 0.1) is 6.92 Å². The molecule has 0 radical (unpaired) electrons. The lowest BCUT2D eigenvalue weighted by atomic mass is 9.95. The first-order chi connectivity index (χ1) is 35.8. The van der Waals surface area contributed by atoms with Crippen molar-refractivity contribution in [2.75, 3.05) is 7.11 Å². The van der Waals surface area contributed by atoms with Crippen molar-refractivity contribution >= 4 is 37.8 Å². The molecule has 74 heavy (non-hydrogen) atoms. The van der Waals surface area contributed by atoms with Crippen LogP contribution in [0.4, 0.5) is 0 Å². The van der Waals surface area contributed by atoms with E-state index >= 15 is 0 Å². The van der Waals surface area contributed by atoms with Crippen LogP contribution >= 0.6 is 12.0 Å². The zero-order valence-electron chi connectivity index (χ0n) is 39.4. The summed E-state index contributed by atoms with van der Waals surface area (Å²) in [4.78, 5) is 14.0. The molecule has 0 bridgehead atoms. The molecule has 0 aliphatic carbocycles. The number of rotatable bonds is 19. The molecule has 0 unspecified atom stereocenters. The summed E-state index contributed by atoms with van der Waals surface area (Å²) in [6.07, 6.45) is 0. The van der Waals surface area contributed by atoms with Gasteiger partial charge in [-0.05, 0) is 138 Å². The van der Waals surface area contributed by atoms with Gasteiger partial charge in [-0.15, -0.1) is 4.33 Å². The maximum absolute atomic E-state index is 13.9. The Labute approximate surface area is 431 Å². The predicted octanol–water partition coefficient (Wildman–Crippen LogP) is 13.9. The first kappa shape index (κ1) is 50.9. The molecule has 9 aromatic carbocycles. The standard InChI is InChI=1S/C58H44O13S3/c1-38-13-26-49(27-14-38)73(61,62)50-28-24-48(25-29-50)68-54-31-18-42(34-52(54)40-11-7-4-8-12-40)41-17-30-53(51(33-41)39-9-5-3-6-10-39)67-37-45-16-15-43(35-56(45)72-71-70-60)58(59)44-19-32-55(57(36-44)74(63,64)65)69-47-22-20-46(66-2)21-23-47/h3-36,60H,37H2,1-2H3,(H,63,64,65). The molecular weight excluding hydrogens is 1000 g/mol. The van der Waals surface area contributed by atoms with Gasteiger partial charge in [0.2, 0.25) is 9.84 Å². The Balaban J connectivity index is 0.982. The van der Waals surface area contributed by atoms with Crippen molar-refractivity contribution in [2.24, 2.45) is 0 Å². The topological polar surface area (TPSA) is 181 Å². The molecule has 0 heterocycles. The number of aryl methyl sites for hydroxylation is 1. The van der Waals surface area contributed by atoms with E-state index in [4.69, 9.17) is 28.5 Å². The highest BCUT2D eigenvalue weighted by atomic mass is 32.2. The average Bonchev–Trinajstić information content (AvgIpc) is 3.42. The second kappa shape index (κ2) is 22.4. The molecule has 0 aliphatic heterocycles. The molecular formula is C58H44O13S3. The molecule has 9 rings (SSSR count). The minimum Gasteiger partial charge on any atom is -0.497 e. The normalized spacial score (nSPS) is 11.5. The van der Waals surface area contributed by atoms with Crippen LogP contribution in [-0.4, -0.2) is 39.5 Å². The molecule has 9 aromatic rings. The Morgan fingerprint density at radius 1 is 0.527 bits per heavy atom. The minimum atomic E-state index is -4.85. The molecule has 0 aliphatic rings. The van der Waals surface area contributed by atoms with Gasteiger partial charge in [0.15, 0.2) is 5.78 Å². The third-order valence-electron chi connectivity index (χ3n) is 11.8. The van der Waals surface area contributed by atoms with Crippen molar-refractivity contribution in [1.29, 1.82) is 0 Å². The zero-order chi connectivity index (χ0) is 51.8. The largest absolute Gasteiger partial charge is 0.497 e. The van der Waals surface area contributed by atoms with Crippen LogP contribution in [0.3, 0.4) is 0 Å². The monoisotopic (exact) mass is 1040 g/mol. The molecule has 0 aromatic heterocycles. The number of hydrogen-bond donors (Lipinski definition) is 2. The lowest BCUT2D eigenvalue weighted by Crippen LogP contribution is -2.07. The predicted molar refractivity (Wildman–Crippen MR) is 280 cm³/mol. The van der Waals surface area contributed by atoms with Crippen LogP contribution in [0.1, 0.15) is 27.0 Å². The van der Waals surface area contributed by atoms with Crippen molar-refractivity contribution in [3.63, 3.8) is 0 Å². The Hall–Kier alpha value is -8.06. The first-order valence-corrected chi connectivity index (χ1v) is 26.3. The van der Waals surface area contributed by atoms with Crippen LogP contribution in [0.2, 0.25) is 0 Å². The fourth-order valence-corrected chi connectivity index (χ4v) is 10.4. The van der Waals surface area contributed by atoms with Gasteiger partial charge in [-0.2, -0.15) is 8.42 Å². The minimum absolute atomic E-state index is 0.0296. The highest BCUT2D eigenvalue weighted by Crippen LogP contribution is 2.41. The molecule has 0 spiro atoms. The van der Waals surface area contributed by atoms with Gasteiger partial charge in [-0.3, -0.25) is 9.35 Å². The third kappa shape index (κ3) is 11.7. The number of ether oxygens (including phenoxy) is 4. The van der Waals surface area contributed by atoms with Crippen molar-refractivity contribution in [2.45, 2.75) is 33.1 Å². The summed E-state index contributed by atoms with van der Waals surface area (Å²) >= 11 is 0.621. The number of hydrogen-bond acceptors (Lipinski definition) is 13. The summed E-state index contributed by atoms with van der Waals surface area (Å²) in [5.74, 6) is 1.56. The van der Waals surface area contributed by atoms with Crippen LogP contribution in [0.5, 0.6) is 34.5 Å². The van der Waals surface area contributed by atoms with Gasteiger partial charge in [0.05, 0.1) is 28.9 Å². The summed E-state index contributed by atoms with van der Waals surface area (Å²) < 4.78 is 90.6. The maximum Gasteiger partial charge on any atom is 0.298 e. The molecule has 0 atom stereocenters. The fraction of sp³-hybridized carbons (Fsp3) is 0.0517. The number of methoxy groups -OCH3 is 1. The van der Waals surface area contributed by atoms with Gasteiger partial charge >= 0.3 is 0 Å². The lowest BCUT2D eigenvalue weighted by Gasteiger charge is -2.17. The Kier molecular flexibility index (Phi) is 15.4. The summed E-state index contributed by atoms with van der Waals surface area (Å²) in [5.41, 5.74) is 6.65. The number of benzene rings is 9. The van der Waals surface area contributed by atoms with E-state index in [0.29, 0.717) is 45.5 Å². The van der Waals surface area contributed by atoms with Crippen LogP contribution < -0.4 is 18.9 Å². The quantitative estimate of drug-likeness (QED) is 0.0257. The fourth-order valence-electron chi connectivity index (χ4n) is 7.96. The van der Waals surface area contributed by atoms with E-state index in [0.717, 1.165) is 45.0 Å². The van der Waals surface area contributed by atoms with Gasteiger partial charge in [0, 0.05) is 32.7 Å². The molecule has 0 saturated heterocycles. The number of sulfone groups is 1. The van der Waals surface area contributed by atoms with Crippen molar-refractivity contribution in [1.82, 2.24) is 0 Å². The van der Waals surface area contributed by atoms with E-state index in [1.165, 1.54) is 43.5 Å². The van der Waals surface area contributed by atoms with E-state index in [-0.39, 0.29) is 39.0 Å². The Morgan fingerprint density at radius 2 is 1.03 bits per heavy atom. The van der Waals surface area contributed by atoms with Gasteiger partial charge in [0.25, 0.3) is 10.1 Å². The van der Waals surface area contributed by atoms with Gasteiger partial charge in [0.1, 0.15) is 46.0 Å². The summed E-state index contributed by atoms with van der Waals surface area (Å²) in [6.45, 7) is 1.87. The molecule has 13 nitrogen and oxygen atoms in total. The molecule has 0 fully saturated rings. The van der Waals surface area contributed by atoms with Crippen molar-refractivity contribution < 1.29 is 59.8 Å².